The highest BCUT2D eigenvalue weighted by Gasteiger charge is 2.26. The second-order valence-corrected chi connectivity index (χ2v) is 4.86. The Kier molecular flexibility index (Phi) is 6.94. The summed E-state index contributed by atoms with van der Waals surface area (Å²) in [6.45, 7) is -0.142. The lowest BCUT2D eigenvalue weighted by Crippen LogP contribution is -2.41. The van der Waals surface area contributed by atoms with Crippen LogP contribution in [0.3, 0.4) is 0 Å². The number of nitrogens with zero attached hydrogens (tertiary/aromatic N) is 1. The second-order valence-electron chi connectivity index (χ2n) is 4.86. The maximum absolute atomic E-state index is 11.0. The first-order valence-corrected chi connectivity index (χ1v) is 6.85. The predicted molar refractivity (Wildman–Crippen MR) is 79.2 cm³/mol. The van der Waals surface area contributed by atoms with Crippen molar-refractivity contribution in [2.75, 3.05) is 6.61 Å². The molecule has 0 amide bonds. The summed E-state index contributed by atoms with van der Waals surface area (Å²) in [5, 5.41) is 38.0. The van der Waals surface area contributed by atoms with Crippen molar-refractivity contribution in [1.82, 2.24) is 5.32 Å². The summed E-state index contributed by atoms with van der Waals surface area (Å²) in [4.78, 5) is 36.8. The maximum atomic E-state index is 11.0. The van der Waals surface area contributed by atoms with Gasteiger partial charge in [-0.1, -0.05) is 0 Å². The molecule has 0 fully saturated rings. The number of aliphatic hydroxyl groups excluding tert-OH is 1. The van der Waals surface area contributed by atoms with Gasteiger partial charge in [-0.15, -0.1) is 0 Å². The van der Waals surface area contributed by atoms with E-state index in [0.717, 1.165) is 0 Å². The molecule has 1 heterocycles. The molecule has 23 heavy (non-hydrogen) atoms. The number of aliphatic carboxylic acids is 3. The van der Waals surface area contributed by atoms with Gasteiger partial charge in [-0.05, 0) is 30.6 Å². The summed E-state index contributed by atoms with van der Waals surface area (Å²) in [5.74, 6) is -3.61. The Bertz CT molecular complexity index is 565. The summed E-state index contributed by atoms with van der Waals surface area (Å²) in [5.41, 5.74) is 0.155. The molecule has 0 spiro atoms. The minimum Gasteiger partial charge on any atom is -0.480 e. The lowest BCUT2D eigenvalue weighted by atomic mass is 10.00. The largest absolute Gasteiger partial charge is 0.480 e. The number of aliphatic imine (C=N–C) groups is 1. The fourth-order valence-electron chi connectivity index (χ4n) is 1.94. The zero-order chi connectivity index (χ0) is 17.4. The van der Waals surface area contributed by atoms with Gasteiger partial charge in [0.1, 0.15) is 17.8 Å². The normalized spacial score (nSPS) is 20.8. The van der Waals surface area contributed by atoms with Crippen molar-refractivity contribution in [3.63, 3.8) is 0 Å². The van der Waals surface area contributed by atoms with Crippen LogP contribution < -0.4 is 5.32 Å². The standard InChI is InChI=1S/C14H18N2O7/c17-5-1-2-9(12(18)19)15-4-3-8-6-10(13(20)21)16-11(7-8)14(22)23/h3-4,6,9,11,16-17H,1-2,5,7H2,(H,18,19)(H,20,21)(H,22,23)/b8-3+,15-4?/t9-,11+/m0/s1. The highest BCUT2D eigenvalue weighted by atomic mass is 16.4. The lowest BCUT2D eigenvalue weighted by Gasteiger charge is -2.21. The van der Waals surface area contributed by atoms with Crippen molar-refractivity contribution in [1.29, 1.82) is 0 Å². The Morgan fingerprint density at radius 1 is 1.35 bits per heavy atom. The van der Waals surface area contributed by atoms with Crippen LogP contribution in [0.4, 0.5) is 0 Å². The molecule has 9 heteroatoms. The van der Waals surface area contributed by atoms with Crippen molar-refractivity contribution in [3.8, 4) is 0 Å². The van der Waals surface area contributed by atoms with Crippen LogP contribution in [0, 0.1) is 0 Å². The first kappa shape index (κ1) is 18.4. The average molecular weight is 326 g/mol. The molecule has 0 aromatic heterocycles. The van der Waals surface area contributed by atoms with Crippen LogP contribution in [0.5, 0.6) is 0 Å². The van der Waals surface area contributed by atoms with Gasteiger partial charge in [0.2, 0.25) is 0 Å². The van der Waals surface area contributed by atoms with Crippen LogP contribution in [-0.4, -0.2) is 63.2 Å². The van der Waals surface area contributed by atoms with E-state index >= 15 is 0 Å². The third-order valence-electron chi connectivity index (χ3n) is 3.10. The van der Waals surface area contributed by atoms with Crippen molar-refractivity contribution < 1.29 is 34.8 Å². The smallest absolute Gasteiger partial charge is 0.351 e. The SMILES string of the molecule is O=C(O)C1=C/C(=C\C=N[C@@H](CCCO)C(=O)O)C[C@H](C(=O)O)N1. The Morgan fingerprint density at radius 3 is 2.57 bits per heavy atom. The first-order valence-electron chi connectivity index (χ1n) is 6.85. The van der Waals surface area contributed by atoms with E-state index in [1.165, 1.54) is 18.4 Å². The maximum Gasteiger partial charge on any atom is 0.351 e. The minimum absolute atomic E-state index is 0.0481. The molecular weight excluding hydrogens is 308 g/mol. The average Bonchev–Trinajstić information content (AvgIpc) is 2.49. The zero-order valence-corrected chi connectivity index (χ0v) is 12.2. The Labute approximate surface area is 131 Å². The third kappa shape index (κ3) is 5.91. The van der Waals surface area contributed by atoms with Crippen LogP contribution in [0.1, 0.15) is 19.3 Å². The molecule has 2 atom stereocenters. The molecule has 0 aromatic rings. The van der Waals surface area contributed by atoms with E-state index in [1.807, 2.05) is 0 Å². The molecular formula is C14H18N2O7. The topological polar surface area (TPSA) is 157 Å². The van der Waals surface area contributed by atoms with E-state index in [0.29, 0.717) is 12.0 Å². The van der Waals surface area contributed by atoms with Gasteiger partial charge in [-0.2, -0.15) is 0 Å². The zero-order valence-electron chi connectivity index (χ0n) is 12.2. The molecule has 0 aliphatic carbocycles. The van der Waals surface area contributed by atoms with E-state index in [2.05, 4.69) is 10.3 Å². The monoisotopic (exact) mass is 326 g/mol. The summed E-state index contributed by atoms with van der Waals surface area (Å²) in [6.07, 6.45) is 4.38. The molecule has 0 radical (unpaired) electrons. The van der Waals surface area contributed by atoms with E-state index < -0.39 is 30.0 Å². The number of carboxylic acids is 3. The molecule has 1 rings (SSSR count). The second kappa shape index (κ2) is 8.69. The van der Waals surface area contributed by atoms with Crippen molar-refractivity contribution in [2.45, 2.75) is 31.3 Å². The Hall–Kier alpha value is -2.68. The number of carbonyl (C=O) groups is 3. The number of allylic oxidation sites excluding steroid dienone is 2. The van der Waals surface area contributed by atoms with Gasteiger partial charge in [0.05, 0.1) is 0 Å². The van der Waals surface area contributed by atoms with Gasteiger partial charge >= 0.3 is 17.9 Å². The Morgan fingerprint density at radius 2 is 2.04 bits per heavy atom. The fraction of sp³-hybridized carbons (Fsp3) is 0.429. The molecule has 5 N–H and O–H groups in total. The number of hydrogen-bond acceptors (Lipinski definition) is 6. The molecule has 0 saturated carbocycles. The fourth-order valence-corrected chi connectivity index (χ4v) is 1.94. The van der Waals surface area contributed by atoms with Crippen LogP contribution in [0.25, 0.3) is 0 Å². The van der Waals surface area contributed by atoms with Gasteiger partial charge in [-0.25, -0.2) is 14.4 Å². The molecule has 1 aliphatic rings. The highest BCUT2D eigenvalue weighted by molar-refractivity contribution is 5.89. The minimum atomic E-state index is -1.29. The lowest BCUT2D eigenvalue weighted by molar-refractivity contribution is -0.140. The number of carboxylic acid groups (broad SMARTS) is 3. The summed E-state index contributed by atoms with van der Waals surface area (Å²) in [6, 6.07) is -2.09. The number of hydrogen-bond donors (Lipinski definition) is 5. The molecule has 0 saturated heterocycles. The van der Waals surface area contributed by atoms with E-state index in [9.17, 15) is 14.4 Å². The quantitative estimate of drug-likeness (QED) is 0.378. The van der Waals surface area contributed by atoms with Crippen LogP contribution in [0.15, 0.2) is 28.4 Å². The van der Waals surface area contributed by atoms with Crippen LogP contribution in [-0.2, 0) is 14.4 Å². The first-order chi connectivity index (χ1) is 10.8. The molecule has 0 unspecified atom stereocenters. The van der Waals surface area contributed by atoms with E-state index in [-0.39, 0.29) is 25.1 Å². The van der Waals surface area contributed by atoms with Gasteiger partial charge < -0.3 is 25.7 Å². The van der Waals surface area contributed by atoms with Crippen molar-refractivity contribution >= 4 is 24.1 Å². The van der Waals surface area contributed by atoms with Crippen LogP contribution >= 0.6 is 0 Å². The molecule has 126 valence electrons. The molecule has 9 nitrogen and oxygen atoms in total. The van der Waals surface area contributed by atoms with Crippen LogP contribution in [0.2, 0.25) is 0 Å². The van der Waals surface area contributed by atoms with Crippen molar-refractivity contribution in [2.24, 2.45) is 4.99 Å². The van der Waals surface area contributed by atoms with E-state index in [1.54, 1.807) is 0 Å². The summed E-state index contributed by atoms with van der Waals surface area (Å²) >= 11 is 0. The number of aliphatic hydroxyl groups is 1. The van der Waals surface area contributed by atoms with Gasteiger partial charge in [-0.3, -0.25) is 4.99 Å². The third-order valence-corrected chi connectivity index (χ3v) is 3.10. The van der Waals surface area contributed by atoms with Crippen molar-refractivity contribution in [3.05, 3.63) is 23.4 Å². The summed E-state index contributed by atoms with van der Waals surface area (Å²) < 4.78 is 0. The van der Waals surface area contributed by atoms with Gasteiger partial charge in [0.25, 0.3) is 0 Å². The molecule has 0 bridgehead atoms. The van der Waals surface area contributed by atoms with E-state index in [4.69, 9.17) is 20.4 Å². The Balaban J connectivity index is 2.89. The highest BCUT2D eigenvalue weighted by Crippen LogP contribution is 2.16. The molecule has 1 aliphatic heterocycles. The van der Waals surface area contributed by atoms with Gasteiger partial charge in [0, 0.05) is 19.2 Å². The van der Waals surface area contributed by atoms with Gasteiger partial charge in [0.15, 0.2) is 0 Å². The number of nitrogens with one attached hydrogen (secondary N) is 1. The number of rotatable bonds is 8. The summed E-state index contributed by atoms with van der Waals surface area (Å²) in [7, 11) is 0. The predicted octanol–water partition coefficient (Wildman–Crippen LogP) is -0.376. The molecule has 0 aromatic carbocycles.